The Bertz CT molecular complexity index is 978. The highest BCUT2D eigenvalue weighted by Crippen LogP contribution is 2.58. The van der Waals surface area contributed by atoms with Gasteiger partial charge >= 0.3 is 0 Å². The van der Waals surface area contributed by atoms with E-state index in [1.165, 1.54) is 0 Å². The van der Waals surface area contributed by atoms with Crippen molar-refractivity contribution < 1.29 is 14.5 Å². The van der Waals surface area contributed by atoms with E-state index in [9.17, 15) is 14.9 Å². The number of nitrogens with one attached hydrogen (secondary N) is 1. The minimum Gasteiger partial charge on any atom is -0.496 e. The van der Waals surface area contributed by atoms with Gasteiger partial charge in [-0.25, -0.2) is 0 Å². The first-order valence-electron chi connectivity index (χ1n) is 9.54. The van der Waals surface area contributed by atoms with Crippen LogP contribution in [0.15, 0.2) is 48.5 Å². The van der Waals surface area contributed by atoms with E-state index in [2.05, 4.69) is 10.2 Å². The highest BCUT2D eigenvalue weighted by molar-refractivity contribution is 6.07. The second-order valence-corrected chi connectivity index (χ2v) is 7.67. The van der Waals surface area contributed by atoms with Crippen LogP contribution in [0.25, 0.3) is 0 Å². The number of fused-ring (bicyclic) bond motifs is 4. The van der Waals surface area contributed by atoms with Gasteiger partial charge in [0, 0.05) is 34.3 Å². The van der Waals surface area contributed by atoms with Crippen LogP contribution in [0.2, 0.25) is 0 Å². The van der Waals surface area contributed by atoms with Crippen LogP contribution in [0.3, 0.4) is 0 Å². The van der Waals surface area contributed by atoms with Crippen molar-refractivity contribution in [3.05, 3.63) is 69.8 Å². The van der Waals surface area contributed by atoms with Crippen molar-refractivity contribution in [3.63, 3.8) is 0 Å². The van der Waals surface area contributed by atoms with Gasteiger partial charge in [-0.15, -0.1) is 0 Å². The molecule has 0 radical (unpaired) electrons. The van der Waals surface area contributed by atoms with Gasteiger partial charge in [-0.05, 0) is 25.0 Å². The maximum absolute atomic E-state index is 13.4. The number of hydrogen-bond donors (Lipinski definition) is 1. The Balaban J connectivity index is 1.78. The molecule has 4 atom stereocenters. The molecule has 0 unspecified atom stereocenters. The van der Waals surface area contributed by atoms with E-state index < -0.39 is 17.5 Å². The molecule has 3 heterocycles. The highest BCUT2D eigenvalue weighted by Gasteiger charge is 2.73. The third-order valence-corrected chi connectivity index (χ3v) is 6.59. The predicted octanol–water partition coefficient (Wildman–Crippen LogP) is 2.75. The average molecular weight is 379 g/mol. The second kappa shape index (κ2) is 6.04. The van der Waals surface area contributed by atoms with Crippen LogP contribution in [0.1, 0.15) is 29.9 Å². The van der Waals surface area contributed by atoms with Crippen molar-refractivity contribution in [1.29, 1.82) is 0 Å². The summed E-state index contributed by atoms with van der Waals surface area (Å²) < 4.78 is 5.54. The van der Waals surface area contributed by atoms with Gasteiger partial charge in [0.05, 0.1) is 13.0 Å². The molecule has 1 amide bonds. The number of carbonyl (C=O) groups excluding carboxylic acids is 1. The number of hydrogen-bond acceptors (Lipinski definition) is 5. The standard InChI is InChI=1S/C21H21N3O4/c1-28-17-11-5-2-7-13(17)18-16-10-6-12-23(16)21(19(18)24(26)27)14-8-3-4-9-15(14)22-20(21)25/h2-5,7-9,11,16,18-19H,6,10,12H2,1H3,(H,22,25)/t16-,18+,19-,21+/m0/s1. The molecule has 3 aliphatic heterocycles. The largest absolute Gasteiger partial charge is 0.496 e. The van der Waals surface area contributed by atoms with Gasteiger partial charge in [-0.2, -0.15) is 0 Å². The van der Waals surface area contributed by atoms with Gasteiger partial charge in [0.25, 0.3) is 11.9 Å². The molecule has 0 saturated carbocycles. The number of amides is 1. The molecule has 0 aliphatic carbocycles. The van der Waals surface area contributed by atoms with Crippen LogP contribution in [0.4, 0.5) is 5.69 Å². The van der Waals surface area contributed by atoms with Gasteiger partial charge in [0.15, 0.2) is 5.54 Å². The Labute approximate surface area is 162 Å². The maximum atomic E-state index is 13.4. The SMILES string of the molecule is COc1ccccc1[C@H]1[C@H]([N+](=O)[O-])[C@]2(C(=O)Nc3ccccc32)N2CCC[C@@H]12. The fourth-order valence-corrected chi connectivity index (χ4v) is 5.69. The number of anilines is 1. The molecule has 7 heteroatoms. The van der Waals surface area contributed by atoms with Crippen LogP contribution in [-0.2, 0) is 10.3 Å². The molecule has 2 aromatic rings. The minimum atomic E-state index is -1.28. The van der Waals surface area contributed by atoms with Gasteiger partial charge in [-0.3, -0.25) is 19.8 Å². The Kier molecular flexibility index (Phi) is 3.71. The smallest absolute Gasteiger partial charge is 0.256 e. The van der Waals surface area contributed by atoms with Crippen molar-refractivity contribution >= 4 is 11.6 Å². The zero-order valence-corrected chi connectivity index (χ0v) is 15.5. The summed E-state index contributed by atoms with van der Waals surface area (Å²) in [5, 5.41) is 15.4. The van der Waals surface area contributed by atoms with E-state index in [-0.39, 0.29) is 16.9 Å². The Morgan fingerprint density at radius 2 is 1.96 bits per heavy atom. The number of rotatable bonds is 3. The van der Waals surface area contributed by atoms with Crippen molar-refractivity contribution in [1.82, 2.24) is 4.90 Å². The Morgan fingerprint density at radius 1 is 1.21 bits per heavy atom. The topological polar surface area (TPSA) is 84.7 Å². The Hall–Kier alpha value is -2.93. The molecule has 2 saturated heterocycles. The first-order chi connectivity index (χ1) is 13.6. The molecular formula is C21H21N3O4. The number of nitrogens with zero attached hydrogens (tertiary/aromatic N) is 2. The first kappa shape index (κ1) is 17.2. The third-order valence-electron chi connectivity index (χ3n) is 6.59. The van der Waals surface area contributed by atoms with Crippen LogP contribution < -0.4 is 10.1 Å². The predicted molar refractivity (Wildman–Crippen MR) is 103 cm³/mol. The van der Waals surface area contributed by atoms with Crippen molar-refractivity contribution in [2.75, 3.05) is 19.0 Å². The molecule has 5 rings (SSSR count). The zero-order valence-electron chi connectivity index (χ0n) is 15.5. The molecule has 7 nitrogen and oxygen atoms in total. The lowest BCUT2D eigenvalue weighted by Crippen LogP contribution is -2.55. The zero-order chi connectivity index (χ0) is 19.5. The van der Waals surface area contributed by atoms with Crippen LogP contribution >= 0.6 is 0 Å². The summed E-state index contributed by atoms with van der Waals surface area (Å²) in [6.07, 6.45) is 1.74. The quantitative estimate of drug-likeness (QED) is 0.655. The highest BCUT2D eigenvalue weighted by atomic mass is 16.6. The summed E-state index contributed by atoms with van der Waals surface area (Å²) in [5.74, 6) is -0.0832. The number of methoxy groups -OCH3 is 1. The lowest BCUT2D eigenvalue weighted by atomic mass is 9.77. The molecule has 144 valence electrons. The number of benzene rings is 2. The van der Waals surface area contributed by atoms with Crippen molar-refractivity contribution in [2.45, 2.75) is 36.4 Å². The molecular weight excluding hydrogens is 358 g/mol. The molecule has 0 bridgehead atoms. The van der Waals surface area contributed by atoms with Gasteiger partial charge in [-0.1, -0.05) is 36.4 Å². The van der Waals surface area contributed by atoms with Crippen LogP contribution in [0.5, 0.6) is 5.75 Å². The van der Waals surface area contributed by atoms with Crippen LogP contribution in [0, 0.1) is 10.1 Å². The average Bonchev–Trinajstić information content (AvgIpc) is 3.35. The van der Waals surface area contributed by atoms with Gasteiger partial charge < -0.3 is 10.1 Å². The normalized spacial score (nSPS) is 30.9. The summed E-state index contributed by atoms with van der Waals surface area (Å²) in [4.78, 5) is 27.7. The fourth-order valence-electron chi connectivity index (χ4n) is 5.69. The Morgan fingerprint density at radius 3 is 2.75 bits per heavy atom. The molecule has 2 aromatic carbocycles. The third kappa shape index (κ3) is 1.99. The van der Waals surface area contributed by atoms with E-state index >= 15 is 0 Å². The molecule has 2 fully saturated rings. The monoisotopic (exact) mass is 379 g/mol. The first-order valence-corrected chi connectivity index (χ1v) is 9.54. The second-order valence-electron chi connectivity index (χ2n) is 7.67. The summed E-state index contributed by atoms with van der Waals surface area (Å²) in [5.41, 5.74) is 0.904. The minimum absolute atomic E-state index is 0.0800. The number of nitro groups is 1. The summed E-state index contributed by atoms with van der Waals surface area (Å²) in [6.45, 7) is 0.669. The summed E-state index contributed by atoms with van der Waals surface area (Å²) >= 11 is 0. The molecule has 3 aliphatic rings. The summed E-state index contributed by atoms with van der Waals surface area (Å²) in [7, 11) is 1.58. The fraction of sp³-hybridized carbons (Fsp3) is 0.381. The van der Waals surface area contributed by atoms with Crippen molar-refractivity contribution in [2.24, 2.45) is 0 Å². The van der Waals surface area contributed by atoms with Crippen molar-refractivity contribution in [3.8, 4) is 5.75 Å². The van der Waals surface area contributed by atoms with E-state index in [0.29, 0.717) is 23.5 Å². The van der Waals surface area contributed by atoms with E-state index in [4.69, 9.17) is 4.74 Å². The van der Waals surface area contributed by atoms with Gasteiger partial charge in [0.2, 0.25) is 0 Å². The molecule has 1 spiro atoms. The summed E-state index contributed by atoms with van der Waals surface area (Å²) in [6, 6.07) is 13.7. The van der Waals surface area contributed by atoms with Crippen LogP contribution in [-0.4, -0.2) is 41.5 Å². The van der Waals surface area contributed by atoms with E-state index in [1.807, 2.05) is 48.5 Å². The number of para-hydroxylation sites is 2. The maximum Gasteiger partial charge on any atom is 0.256 e. The molecule has 28 heavy (non-hydrogen) atoms. The lowest BCUT2D eigenvalue weighted by Gasteiger charge is -2.32. The molecule has 0 aromatic heterocycles. The molecule has 1 N–H and O–H groups in total. The van der Waals surface area contributed by atoms with Gasteiger partial charge in [0.1, 0.15) is 5.75 Å². The van der Waals surface area contributed by atoms with E-state index in [1.54, 1.807) is 7.11 Å². The number of carbonyl (C=O) groups is 1. The van der Waals surface area contributed by atoms with E-state index in [0.717, 1.165) is 18.4 Å². The number of ether oxygens (including phenoxy) is 1. The lowest BCUT2D eigenvalue weighted by molar-refractivity contribution is -0.534.